The summed E-state index contributed by atoms with van der Waals surface area (Å²) in [5, 5.41) is 0. The molecule has 0 saturated heterocycles. The van der Waals surface area contributed by atoms with Crippen molar-refractivity contribution in [2.45, 2.75) is 13.5 Å². The van der Waals surface area contributed by atoms with Crippen LogP contribution in [0.15, 0.2) is 40.2 Å². The molecule has 0 fully saturated rings. The number of aromatic nitrogens is 4. The van der Waals surface area contributed by atoms with Crippen molar-refractivity contribution in [1.29, 1.82) is 0 Å². The molecule has 26 heavy (non-hydrogen) atoms. The van der Waals surface area contributed by atoms with Gasteiger partial charge in [-0.3, -0.25) is 18.7 Å². The predicted octanol–water partition coefficient (Wildman–Crippen LogP) is 0.438. The van der Waals surface area contributed by atoms with E-state index >= 15 is 0 Å². The average Bonchev–Trinajstić information content (AvgIpc) is 3.03. The second kappa shape index (κ2) is 6.87. The molecule has 0 aliphatic rings. The zero-order valence-corrected chi connectivity index (χ0v) is 14.6. The summed E-state index contributed by atoms with van der Waals surface area (Å²) in [5.74, 6) is 0.655. The molecule has 3 rings (SSSR count). The van der Waals surface area contributed by atoms with E-state index in [0.29, 0.717) is 35.8 Å². The topological polar surface area (TPSA) is 97.3 Å². The van der Waals surface area contributed by atoms with Crippen LogP contribution in [0.3, 0.4) is 0 Å². The summed E-state index contributed by atoms with van der Waals surface area (Å²) in [6, 6.07) is 6.64. The van der Waals surface area contributed by atoms with Gasteiger partial charge in [-0.05, 0) is 24.3 Å². The summed E-state index contributed by atoms with van der Waals surface area (Å²) in [5.41, 5.74) is -0.129. The fourth-order valence-corrected chi connectivity index (χ4v) is 2.60. The van der Waals surface area contributed by atoms with Crippen LogP contribution in [0.5, 0.6) is 11.5 Å². The molecule has 2 heterocycles. The minimum absolute atomic E-state index is 0.296. The smallest absolute Gasteiger partial charge is 0.332 e. The molecule has 1 aromatic carbocycles. The normalized spacial score (nSPS) is 10.9. The Morgan fingerprint density at radius 3 is 2.38 bits per heavy atom. The molecular formula is C17H18N4O5. The standard InChI is InChI=1S/C17H18N4O5/c1-11(22)26-13-6-4-12(5-7-13)25-9-8-21-10-18-15-14(21)16(23)20(3)17(24)19(15)2/h4-7,10H,8-9H2,1-3H3. The van der Waals surface area contributed by atoms with Crippen molar-refractivity contribution in [3.05, 3.63) is 51.4 Å². The lowest BCUT2D eigenvalue weighted by molar-refractivity contribution is -0.131. The first kappa shape index (κ1) is 17.5. The van der Waals surface area contributed by atoms with E-state index in [4.69, 9.17) is 9.47 Å². The molecule has 9 heteroatoms. The van der Waals surface area contributed by atoms with E-state index < -0.39 is 11.2 Å². The van der Waals surface area contributed by atoms with Crippen molar-refractivity contribution in [3.63, 3.8) is 0 Å². The van der Waals surface area contributed by atoms with E-state index in [1.807, 2.05) is 0 Å². The number of rotatable bonds is 5. The van der Waals surface area contributed by atoms with Crippen LogP contribution >= 0.6 is 0 Å². The van der Waals surface area contributed by atoms with Gasteiger partial charge in [0, 0.05) is 21.0 Å². The molecule has 0 spiro atoms. The zero-order chi connectivity index (χ0) is 18.8. The van der Waals surface area contributed by atoms with E-state index in [2.05, 4.69) is 4.98 Å². The van der Waals surface area contributed by atoms with Gasteiger partial charge >= 0.3 is 11.7 Å². The highest BCUT2D eigenvalue weighted by molar-refractivity contribution is 5.70. The quantitative estimate of drug-likeness (QED) is 0.485. The molecule has 2 aromatic heterocycles. The van der Waals surface area contributed by atoms with Gasteiger partial charge in [0.1, 0.15) is 18.1 Å². The summed E-state index contributed by atoms with van der Waals surface area (Å²) in [6.07, 6.45) is 1.51. The Balaban J connectivity index is 1.74. The third-order valence-electron chi connectivity index (χ3n) is 3.90. The second-order valence-corrected chi connectivity index (χ2v) is 5.73. The highest BCUT2D eigenvalue weighted by atomic mass is 16.5. The number of hydrogen-bond donors (Lipinski definition) is 0. The van der Waals surface area contributed by atoms with Crippen molar-refractivity contribution in [2.75, 3.05) is 6.61 Å². The number of esters is 1. The third kappa shape index (κ3) is 3.23. The molecule has 0 unspecified atom stereocenters. The molecule has 0 aliphatic heterocycles. The largest absolute Gasteiger partial charge is 0.492 e. The van der Waals surface area contributed by atoms with E-state index in [1.165, 1.54) is 24.9 Å². The molecule has 0 N–H and O–H groups in total. The van der Waals surface area contributed by atoms with Gasteiger partial charge in [0.2, 0.25) is 0 Å². The van der Waals surface area contributed by atoms with Crippen molar-refractivity contribution in [3.8, 4) is 11.5 Å². The van der Waals surface area contributed by atoms with Crippen LogP contribution in [0.4, 0.5) is 0 Å². The minimum Gasteiger partial charge on any atom is -0.492 e. The van der Waals surface area contributed by atoms with Crippen molar-refractivity contribution in [1.82, 2.24) is 18.7 Å². The minimum atomic E-state index is -0.420. The van der Waals surface area contributed by atoms with Gasteiger partial charge in [0.05, 0.1) is 12.9 Å². The van der Waals surface area contributed by atoms with Crippen molar-refractivity contribution in [2.24, 2.45) is 14.1 Å². The lowest BCUT2D eigenvalue weighted by Gasteiger charge is -2.09. The molecule has 9 nitrogen and oxygen atoms in total. The Bertz CT molecular complexity index is 1080. The van der Waals surface area contributed by atoms with Crippen LogP contribution in [0.1, 0.15) is 6.92 Å². The van der Waals surface area contributed by atoms with Crippen molar-refractivity contribution >= 4 is 17.1 Å². The molecule has 136 valence electrons. The Kier molecular flexibility index (Phi) is 4.61. The maximum atomic E-state index is 12.3. The van der Waals surface area contributed by atoms with Gasteiger partial charge in [-0.15, -0.1) is 0 Å². The first-order valence-corrected chi connectivity index (χ1v) is 7.90. The number of hydrogen-bond acceptors (Lipinski definition) is 6. The number of nitrogens with zero attached hydrogens (tertiary/aromatic N) is 4. The highest BCUT2D eigenvalue weighted by Gasteiger charge is 2.14. The molecule has 0 aliphatic carbocycles. The molecular weight excluding hydrogens is 340 g/mol. The number of fused-ring (bicyclic) bond motifs is 1. The lowest BCUT2D eigenvalue weighted by Crippen LogP contribution is -2.37. The first-order valence-electron chi connectivity index (χ1n) is 7.90. The summed E-state index contributed by atoms with van der Waals surface area (Å²) in [7, 11) is 3.01. The number of ether oxygens (including phenoxy) is 2. The monoisotopic (exact) mass is 358 g/mol. The zero-order valence-electron chi connectivity index (χ0n) is 14.6. The third-order valence-corrected chi connectivity index (χ3v) is 3.90. The maximum Gasteiger partial charge on any atom is 0.332 e. The predicted molar refractivity (Wildman–Crippen MR) is 93.5 cm³/mol. The Labute approximate surface area is 148 Å². The number of imidazole rings is 1. The fourth-order valence-electron chi connectivity index (χ4n) is 2.60. The molecule has 0 atom stereocenters. The SMILES string of the molecule is CC(=O)Oc1ccc(OCCn2cnc3c2c(=O)n(C)c(=O)n3C)cc1. The molecule has 0 radical (unpaired) electrons. The van der Waals surface area contributed by atoms with Crippen LogP contribution in [0.2, 0.25) is 0 Å². The molecule has 0 saturated carbocycles. The second-order valence-electron chi connectivity index (χ2n) is 5.73. The summed E-state index contributed by atoms with van der Waals surface area (Å²) in [6.45, 7) is 2.01. The van der Waals surface area contributed by atoms with Gasteiger partial charge in [-0.2, -0.15) is 0 Å². The lowest BCUT2D eigenvalue weighted by atomic mass is 10.3. The maximum absolute atomic E-state index is 12.3. The Morgan fingerprint density at radius 2 is 1.73 bits per heavy atom. The summed E-state index contributed by atoms with van der Waals surface area (Å²) in [4.78, 5) is 39.3. The van der Waals surface area contributed by atoms with Gasteiger partial charge in [-0.1, -0.05) is 0 Å². The van der Waals surface area contributed by atoms with E-state index in [0.717, 1.165) is 4.57 Å². The van der Waals surface area contributed by atoms with Gasteiger partial charge in [-0.25, -0.2) is 9.78 Å². The fraction of sp³-hybridized carbons (Fsp3) is 0.294. The molecule has 0 amide bonds. The molecule has 0 bridgehead atoms. The van der Waals surface area contributed by atoms with Crippen LogP contribution in [0, 0.1) is 0 Å². The highest BCUT2D eigenvalue weighted by Crippen LogP contribution is 2.17. The van der Waals surface area contributed by atoms with Crippen LogP contribution < -0.4 is 20.7 Å². The Hall–Kier alpha value is -3.36. The molecule has 3 aromatic rings. The van der Waals surface area contributed by atoms with Crippen LogP contribution in [0.25, 0.3) is 11.2 Å². The van der Waals surface area contributed by atoms with E-state index in [1.54, 1.807) is 35.9 Å². The first-order chi connectivity index (χ1) is 12.4. The van der Waals surface area contributed by atoms with Crippen molar-refractivity contribution < 1.29 is 14.3 Å². The number of carbonyl (C=O) groups excluding carboxylic acids is 1. The number of carbonyl (C=O) groups is 1. The van der Waals surface area contributed by atoms with Gasteiger partial charge in [0.25, 0.3) is 5.56 Å². The summed E-state index contributed by atoms with van der Waals surface area (Å²) >= 11 is 0. The van der Waals surface area contributed by atoms with E-state index in [9.17, 15) is 14.4 Å². The van der Waals surface area contributed by atoms with Crippen LogP contribution in [-0.4, -0.2) is 31.3 Å². The van der Waals surface area contributed by atoms with Gasteiger partial charge in [0.15, 0.2) is 11.2 Å². The average molecular weight is 358 g/mol. The Morgan fingerprint density at radius 1 is 1.08 bits per heavy atom. The van der Waals surface area contributed by atoms with E-state index in [-0.39, 0.29) is 5.97 Å². The van der Waals surface area contributed by atoms with Gasteiger partial charge < -0.3 is 14.0 Å². The summed E-state index contributed by atoms with van der Waals surface area (Å²) < 4.78 is 14.6. The number of aryl methyl sites for hydroxylation is 1. The number of benzene rings is 1. The van der Waals surface area contributed by atoms with Crippen LogP contribution in [-0.2, 0) is 25.4 Å².